The Morgan fingerprint density at radius 2 is 1.76 bits per heavy atom. The molecular formula is C12H15FN3O14P3. The highest BCUT2D eigenvalue weighted by Crippen LogP contribution is 2.66. The maximum Gasteiger partial charge on any atom is 0.490 e. The van der Waals surface area contributed by atoms with Gasteiger partial charge in [0.25, 0.3) is 5.56 Å². The molecule has 0 spiro atoms. The Balaban J connectivity index is 1.73. The van der Waals surface area contributed by atoms with Gasteiger partial charge < -0.3 is 39.5 Å². The number of nitrogens with zero attached hydrogens (tertiary/aromatic N) is 2. The topological polar surface area (TPSA) is 268 Å². The normalized spacial score (nSPS) is 27.4. The van der Waals surface area contributed by atoms with Gasteiger partial charge >= 0.3 is 23.5 Å². The van der Waals surface area contributed by atoms with Crippen molar-refractivity contribution in [1.82, 2.24) is 15.0 Å². The number of pyridine rings is 1. The highest BCUT2D eigenvalue weighted by molar-refractivity contribution is 7.66. The molecule has 0 aliphatic carbocycles. The average Bonchev–Trinajstić information content (AvgIpc) is 2.91. The highest BCUT2D eigenvalue weighted by Gasteiger charge is 2.47. The number of phosphoric ester groups is 1. The lowest BCUT2D eigenvalue weighted by molar-refractivity contribution is -0.0226. The fourth-order valence-corrected chi connectivity index (χ4v) is 5.82. The van der Waals surface area contributed by atoms with Crippen molar-refractivity contribution in [3.63, 3.8) is 0 Å². The van der Waals surface area contributed by atoms with Crippen LogP contribution in [-0.4, -0.2) is 69.7 Å². The van der Waals surface area contributed by atoms with E-state index in [4.69, 9.17) is 19.4 Å². The summed E-state index contributed by atoms with van der Waals surface area (Å²) in [5.41, 5.74) is -1.35. The van der Waals surface area contributed by atoms with Gasteiger partial charge in [0.15, 0.2) is 5.65 Å². The number of aromatic nitrogens is 3. The van der Waals surface area contributed by atoms with Crippen LogP contribution in [0.15, 0.2) is 17.1 Å². The first-order chi connectivity index (χ1) is 15.1. The molecule has 0 bridgehead atoms. The lowest BCUT2D eigenvalue weighted by Gasteiger charge is -2.19. The number of fused-ring (bicyclic) bond motifs is 1. The number of hydrogen-bond donors (Lipinski definition) is 7. The van der Waals surface area contributed by atoms with E-state index in [0.717, 1.165) is 12.3 Å². The van der Waals surface area contributed by atoms with E-state index in [-0.39, 0.29) is 16.7 Å². The molecule has 7 N–H and O–H groups in total. The summed E-state index contributed by atoms with van der Waals surface area (Å²) in [5, 5.41) is 20.4. The molecule has 1 aliphatic rings. The summed E-state index contributed by atoms with van der Waals surface area (Å²) >= 11 is 0. The van der Waals surface area contributed by atoms with Gasteiger partial charge in [0, 0.05) is 0 Å². The molecular weight excluding hydrogens is 522 g/mol. The van der Waals surface area contributed by atoms with Crippen molar-refractivity contribution in [2.45, 2.75) is 24.4 Å². The van der Waals surface area contributed by atoms with E-state index in [1.165, 1.54) is 0 Å². The minimum atomic E-state index is -5.76. The molecule has 3 rings (SSSR count). The lowest BCUT2D eigenvalue weighted by atomic mass is 10.0. The maximum atomic E-state index is 13.2. The molecule has 0 aromatic carbocycles. The molecule has 1 fully saturated rings. The third-order valence-electron chi connectivity index (χ3n) is 4.04. The molecule has 1 aliphatic heterocycles. The Labute approximate surface area is 181 Å². The molecule has 0 radical (unpaired) electrons. The van der Waals surface area contributed by atoms with E-state index >= 15 is 0 Å². The minimum Gasteiger partial charge on any atom is -0.387 e. The molecule has 3 unspecified atom stereocenters. The fourth-order valence-electron chi connectivity index (χ4n) is 2.79. The third-order valence-corrected chi connectivity index (χ3v) is 7.85. The largest absolute Gasteiger partial charge is 0.490 e. The Hall–Kier alpha value is -1.49. The van der Waals surface area contributed by atoms with Crippen molar-refractivity contribution in [2.24, 2.45) is 0 Å². The number of aliphatic hydroxyl groups excluding tert-OH is 2. The van der Waals surface area contributed by atoms with E-state index in [1.807, 2.05) is 0 Å². The van der Waals surface area contributed by atoms with E-state index in [1.54, 1.807) is 0 Å². The van der Waals surface area contributed by atoms with Crippen LogP contribution in [-0.2, 0) is 31.6 Å². The van der Waals surface area contributed by atoms with Crippen molar-refractivity contribution in [2.75, 3.05) is 6.61 Å². The second-order valence-electron chi connectivity index (χ2n) is 6.44. The Morgan fingerprint density at radius 1 is 1.09 bits per heavy atom. The van der Waals surface area contributed by atoms with Crippen LogP contribution in [0.25, 0.3) is 11.2 Å². The average molecular weight is 537 g/mol. The van der Waals surface area contributed by atoms with Gasteiger partial charge in [-0.1, -0.05) is 0 Å². The van der Waals surface area contributed by atoms with Gasteiger partial charge in [-0.3, -0.25) is 9.32 Å². The number of H-pyrrole nitrogens is 1. The number of nitrogens with one attached hydrogen (secondary N) is 1. The first-order valence-corrected chi connectivity index (χ1v) is 12.9. The summed E-state index contributed by atoms with van der Waals surface area (Å²) in [4.78, 5) is 57.2. The fraction of sp³-hybridized carbons (Fsp3) is 0.417. The van der Waals surface area contributed by atoms with Gasteiger partial charge in [-0.2, -0.15) is 18.0 Å². The predicted molar refractivity (Wildman–Crippen MR) is 99.6 cm³/mol. The van der Waals surface area contributed by atoms with Gasteiger partial charge in [-0.05, 0) is 6.07 Å². The molecule has 21 heteroatoms. The van der Waals surface area contributed by atoms with Crippen molar-refractivity contribution < 1.29 is 65.8 Å². The molecule has 0 saturated carbocycles. The van der Waals surface area contributed by atoms with E-state index in [9.17, 15) is 38.0 Å². The van der Waals surface area contributed by atoms with Crippen molar-refractivity contribution in [1.29, 1.82) is 0 Å². The number of hydrogen-bond acceptors (Lipinski definition) is 12. The molecule has 184 valence electrons. The quantitative estimate of drug-likeness (QED) is 0.198. The first-order valence-electron chi connectivity index (χ1n) is 8.42. The maximum absolute atomic E-state index is 13.2. The molecule has 2 aromatic rings. The predicted octanol–water partition coefficient (Wildman–Crippen LogP) is -1.04. The second-order valence-corrected chi connectivity index (χ2v) is 10.9. The van der Waals surface area contributed by atoms with Crippen LogP contribution >= 0.6 is 23.5 Å². The van der Waals surface area contributed by atoms with Crippen LogP contribution in [0.1, 0.15) is 11.7 Å². The summed E-state index contributed by atoms with van der Waals surface area (Å²) in [7, 11) is -16.9. The first kappa shape index (κ1) is 26.1. The van der Waals surface area contributed by atoms with Crippen LogP contribution in [0.2, 0.25) is 0 Å². The van der Waals surface area contributed by atoms with Crippen LogP contribution in [0, 0.1) is 5.95 Å². The highest BCUT2D eigenvalue weighted by atomic mass is 31.3. The SMILES string of the molecule is O=c1[nH]c2nc(F)cnc2cc1[C@@H]1O[C@H](COP(=O)(O)OP(=O)(O)OP(=O)(O)O)C(O)[C@@H]1O. The molecule has 6 atom stereocenters. The molecule has 33 heavy (non-hydrogen) atoms. The summed E-state index contributed by atoms with van der Waals surface area (Å²) in [5.74, 6) is -0.968. The molecule has 17 nitrogen and oxygen atoms in total. The minimum absolute atomic E-state index is 0.00741. The van der Waals surface area contributed by atoms with Crippen molar-refractivity contribution in [3.05, 3.63) is 34.1 Å². The lowest BCUT2D eigenvalue weighted by Crippen LogP contribution is -2.33. The summed E-state index contributed by atoms with van der Waals surface area (Å²) in [6, 6.07) is 1.10. The van der Waals surface area contributed by atoms with Crippen LogP contribution in [0.5, 0.6) is 0 Å². The van der Waals surface area contributed by atoms with Crippen LogP contribution in [0.3, 0.4) is 0 Å². The number of halogens is 1. The molecule has 1 saturated heterocycles. The Kier molecular flexibility index (Phi) is 7.34. The number of aromatic amines is 1. The zero-order valence-corrected chi connectivity index (χ0v) is 18.4. The van der Waals surface area contributed by atoms with Gasteiger partial charge in [-0.25, -0.2) is 18.7 Å². The summed E-state index contributed by atoms with van der Waals surface area (Å²) < 4.78 is 63.6. The number of aliphatic hydroxyl groups is 2. The van der Waals surface area contributed by atoms with Crippen molar-refractivity contribution in [3.8, 4) is 0 Å². The number of phosphoric acid groups is 3. The van der Waals surface area contributed by atoms with E-state index in [2.05, 4.69) is 28.1 Å². The van der Waals surface area contributed by atoms with Crippen LogP contribution < -0.4 is 5.56 Å². The zero-order valence-electron chi connectivity index (χ0n) is 15.7. The smallest absolute Gasteiger partial charge is 0.387 e. The third kappa shape index (κ3) is 6.55. The molecule has 0 amide bonds. The summed E-state index contributed by atoms with van der Waals surface area (Å²) in [6.45, 7) is -1.06. The van der Waals surface area contributed by atoms with Crippen LogP contribution in [0.4, 0.5) is 4.39 Å². The monoisotopic (exact) mass is 537 g/mol. The number of ether oxygens (including phenoxy) is 1. The van der Waals surface area contributed by atoms with Gasteiger partial charge in [-0.15, -0.1) is 0 Å². The molecule has 3 heterocycles. The summed E-state index contributed by atoms with van der Waals surface area (Å²) in [6.07, 6.45) is -5.93. The zero-order chi connectivity index (χ0) is 24.8. The Bertz CT molecular complexity index is 1250. The number of rotatable bonds is 8. The van der Waals surface area contributed by atoms with E-state index in [0.29, 0.717) is 0 Å². The van der Waals surface area contributed by atoms with Crippen molar-refractivity contribution >= 4 is 34.6 Å². The molecule has 2 aromatic heterocycles. The Morgan fingerprint density at radius 3 is 2.39 bits per heavy atom. The standard InChI is InChI=1S/C12H15FN3O14P3/c13-7-2-14-5-1-4(12(19)16-11(5)15-7)10-9(18)8(17)6(28-10)3-27-32(23,24)30-33(25,26)29-31(20,21)22/h1-2,6,8-10,17-18H,3H2,(H,23,24)(H,25,26)(H,15,16,19)(H2,20,21,22)/t6-,8?,9+,10+/m1/s1. The van der Waals surface area contributed by atoms with Gasteiger partial charge in [0.1, 0.15) is 29.9 Å². The second kappa shape index (κ2) is 9.28. The van der Waals surface area contributed by atoms with Gasteiger partial charge in [0.05, 0.1) is 18.4 Å². The van der Waals surface area contributed by atoms with Gasteiger partial charge in [0.2, 0.25) is 5.95 Å². The van der Waals surface area contributed by atoms with E-state index < -0.39 is 66.0 Å².